The Morgan fingerprint density at radius 3 is 2.58 bits per heavy atom. The van der Waals surface area contributed by atoms with E-state index in [9.17, 15) is 0 Å². The van der Waals surface area contributed by atoms with Gasteiger partial charge in [0.25, 0.3) is 0 Å². The molecule has 0 atom stereocenters. The Kier molecular flexibility index (Phi) is 3.96. The number of hydrogen-bond acceptors (Lipinski definition) is 3. The van der Waals surface area contributed by atoms with Crippen LogP contribution in [0.3, 0.4) is 0 Å². The van der Waals surface area contributed by atoms with E-state index in [-0.39, 0.29) is 0 Å². The number of hydrogen-bond donors (Lipinski definition) is 1. The van der Waals surface area contributed by atoms with Crippen LogP contribution in [-0.4, -0.2) is 16.9 Å². The lowest BCUT2D eigenvalue weighted by atomic mass is 10.0. The van der Waals surface area contributed by atoms with Crippen LogP contribution >= 0.6 is 15.9 Å². The second-order valence-electron chi connectivity index (χ2n) is 4.60. The van der Waals surface area contributed by atoms with Crippen molar-refractivity contribution in [3.05, 3.63) is 33.4 Å². The molecule has 1 aromatic heterocycles. The summed E-state index contributed by atoms with van der Waals surface area (Å²) in [6, 6.07) is 4.21. The van der Waals surface area contributed by atoms with Gasteiger partial charge in [-0.15, -0.1) is 0 Å². The summed E-state index contributed by atoms with van der Waals surface area (Å²) in [7, 11) is 3.60. The number of nitrogens with zero attached hydrogens (tertiary/aromatic N) is 2. The van der Waals surface area contributed by atoms with Gasteiger partial charge in [0.05, 0.1) is 23.0 Å². The van der Waals surface area contributed by atoms with Gasteiger partial charge in [0, 0.05) is 19.2 Å². The lowest BCUT2D eigenvalue weighted by molar-refractivity contribution is 0.413. The molecule has 0 saturated heterocycles. The molecule has 0 aliphatic rings. The van der Waals surface area contributed by atoms with E-state index in [1.807, 2.05) is 18.7 Å². The number of ether oxygens (including phenoxy) is 1. The monoisotopic (exact) mass is 323 g/mol. The van der Waals surface area contributed by atoms with Crippen LogP contribution in [0.4, 0.5) is 0 Å². The van der Waals surface area contributed by atoms with Crippen LogP contribution in [0, 0.1) is 13.8 Å². The van der Waals surface area contributed by atoms with Crippen LogP contribution < -0.4 is 10.5 Å². The maximum Gasteiger partial charge on any atom is 0.131 e. The van der Waals surface area contributed by atoms with Crippen LogP contribution in [0.2, 0.25) is 0 Å². The van der Waals surface area contributed by atoms with Crippen molar-refractivity contribution in [3.8, 4) is 17.0 Å². The molecule has 2 aromatic rings. The molecule has 0 aliphatic heterocycles. The highest BCUT2D eigenvalue weighted by atomic mass is 79.9. The van der Waals surface area contributed by atoms with Crippen molar-refractivity contribution in [1.82, 2.24) is 9.78 Å². The van der Waals surface area contributed by atoms with Crippen molar-refractivity contribution >= 4 is 15.9 Å². The number of rotatable bonds is 3. The summed E-state index contributed by atoms with van der Waals surface area (Å²) in [4.78, 5) is 0. The summed E-state index contributed by atoms with van der Waals surface area (Å²) >= 11 is 3.59. The molecular formula is C14H18BrN3O. The van der Waals surface area contributed by atoms with Crippen LogP contribution in [-0.2, 0) is 13.6 Å². The average molecular weight is 324 g/mol. The molecule has 0 spiro atoms. The fourth-order valence-electron chi connectivity index (χ4n) is 2.38. The van der Waals surface area contributed by atoms with Crippen molar-refractivity contribution in [2.24, 2.45) is 12.8 Å². The molecule has 5 heteroatoms. The Balaban J connectivity index is 2.75. The van der Waals surface area contributed by atoms with E-state index < -0.39 is 0 Å². The predicted octanol–water partition coefficient (Wildman–Crippen LogP) is 2.93. The highest BCUT2D eigenvalue weighted by molar-refractivity contribution is 9.10. The molecule has 1 aromatic carbocycles. The molecule has 1 heterocycles. The van der Waals surface area contributed by atoms with Gasteiger partial charge in [-0.3, -0.25) is 4.68 Å². The van der Waals surface area contributed by atoms with E-state index in [0.29, 0.717) is 6.54 Å². The van der Waals surface area contributed by atoms with Gasteiger partial charge >= 0.3 is 0 Å². The molecule has 0 bridgehead atoms. The van der Waals surface area contributed by atoms with E-state index in [1.165, 1.54) is 5.56 Å². The van der Waals surface area contributed by atoms with Gasteiger partial charge in [-0.1, -0.05) is 6.07 Å². The third-order valence-electron chi connectivity index (χ3n) is 3.13. The number of aromatic nitrogens is 2. The van der Waals surface area contributed by atoms with Gasteiger partial charge in [0.2, 0.25) is 0 Å². The first-order chi connectivity index (χ1) is 8.99. The summed E-state index contributed by atoms with van der Waals surface area (Å²) in [5.74, 6) is 0.873. The minimum Gasteiger partial charge on any atom is -0.496 e. The molecular weight excluding hydrogens is 306 g/mol. The SMILES string of the molecule is COc1c(C)cc(C)cc1-c1c(Br)c(CN)nn1C. The quantitative estimate of drug-likeness (QED) is 0.944. The Bertz CT molecular complexity index is 620. The van der Waals surface area contributed by atoms with Crippen LogP contribution in [0.15, 0.2) is 16.6 Å². The molecule has 0 aliphatic carbocycles. The summed E-state index contributed by atoms with van der Waals surface area (Å²) < 4.78 is 8.31. The minimum absolute atomic E-state index is 0.404. The van der Waals surface area contributed by atoms with Crippen LogP contribution in [0.5, 0.6) is 5.75 Å². The van der Waals surface area contributed by atoms with Crippen LogP contribution in [0.25, 0.3) is 11.3 Å². The molecule has 0 radical (unpaired) electrons. The van der Waals surface area contributed by atoms with Crippen molar-refractivity contribution in [2.45, 2.75) is 20.4 Å². The molecule has 0 fully saturated rings. The maximum absolute atomic E-state index is 5.70. The first-order valence-corrected chi connectivity index (χ1v) is 6.86. The Morgan fingerprint density at radius 1 is 1.37 bits per heavy atom. The zero-order chi connectivity index (χ0) is 14.2. The van der Waals surface area contributed by atoms with E-state index in [0.717, 1.165) is 32.7 Å². The third kappa shape index (κ3) is 2.40. The van der Waals surface area contributed by atoms with Gasteiger partial charge in [-0.2, -0.15) is 5.10 Å². The number of methoxy groups -OCH3 is 1. The van der Waals surface area contributed by atoms with Crippen molar-refractivity contribution in [3.63, 3.8) is 0 Å². The number of halogens is 1. The average Bonchev–Trinajstić information content (AvgIpc) is 2.63. The second-order valence-corrected chi connectivity index (χ2v) is 5.39. The third-order valence-corrected chi connectivity index (χ3v) is 3.96. The van der Waals surface area contributed by atoms with Gasteiger partial charge in [-0.05, 0) is 47.0 Å². The van der Waals surface area contributed by atoms with E-state index in [2.05, 4.69) is 40.1 Å². The topological polar surface area (TPSA) is 53.1 Å². The van der Waals surface area contributed by atoms with Gasteiger partial charge in [-0.25, -0.2) is 0 Å². The van der Waals surface area contributed by atoms with Crippen molar-refractivity contribution in [2.75, 3.05) is 7.11 Å². The van der Waals surface area contributed by atoms with E-state index >= 15 is 0 Å². The number of nitrogens with two attached hydrogens (primary N) is 1. The zero-order valence-electron chi connectivity index (χ0n) is 11.6. The van der Waals surface area contributed by atoms with Gasteiger partial charge in [0.1, 0.15) is 5.75 Å². The van der Waals surface area contributed by atoms with Crippen LogP contribution in [0.1, 0.15) is 16.8 Å². The lowest BCUT2D eigenvalue weighted by Crippen LogP contribution is -2.00. The zero-order valence-corrected chi connectivity index (χ0v) is 13.2. The van der Waals surface area contributed by atoms with Crippen molar-refractivity contribution in [1.29, 1.82) is 0 Å². The number of aryl methyl sites for hydroxylation is 3. The Hall–Kier alpha value is -1.33. The smallest absolute Gasteiger partial charge is 0.131 e. The van der Waals surface area contributed by atoms with Gasteiger partial charge in [0.15, 0.2) is 0 Å². The van der Waals surface area contributed by atoms with Gasteiger partial charge < -0.3 is 10.5 Å². The summed E-state index contributed by atoms with van der Waals surface area (Å²) in [6.45, 7) is 4.52. The first kappa shape index (κ1) is 14.1. The number of benzene rings is 1. The lowest BCUT2D eigenvalue weighted by Gasteiger charge is -2.13. The largest absolute Gasteiger partial charge is 0.496 e. The molecule has 102 valence electrons. The maximum atomic E-state index is 5.70. The first-order valence-electron chi connectivity index (χ1n) is 6.06. The summed E-state index contributed by atoms with van der Waals surface area (Å²) in [5.41, 5.74) is 10.9. The Labute approximate surface area is 121 Å². The van der Waals surface area contributed by atoms with E-state index in [4.69, 9.17) is 10.5 Å². The fraction of sp³-hybridized carbons (Fsp3) is 0.357. The molecule has 0 amide bonds. The standard InChI is InChI=1S/C14H18BrN3O/c1-8-5-9(2)14(19-4)10(6-8)13-12(15)11(7-16)17-18(13)3/h5-6H,7,16H2,1-4H3. The molecule has 2 N–H and O–H groups in total. The second kappa shape index (κ2) is 5.35. The molecule has 0 saturated carbocycles. The Morgan fingerprint density at radius 2 is 2.05 bits per heavy atom. The fourth-order valence-corrected chi connectivity index (χ4v) is 3.09. The summed E-state index contributed by atoms with van der Waals surface area (Å²) in [6.07, 6.45) is 0. The molecule has 19 heavy (non-hydrogen) atoms. The van der Waals surface area contributed by atoms with Crippen molar-refractivity contribution < 1.29 is 4.74 Å². The van der Waals surface area contributed by atoms with E-state index in [1.54, 1.807) is 7.11 Å². The molecule has 0 unspecified atom stereocenters. The summed E-state index contributed by atoms with van der Waals surface area (Å²) in [5, 5.41) is 4.43. The highest BCUT2D eigenvalue weighted by Gasteiger charge is 2.19. The predicted molar refractivity (Wildman–Crippen MR) is 80.3 cm³/mol. The normalized spacial score (nSPS) is 10.8. The minimum atomic E-state index is 0.404. The highest BCUT2D eigenvalue weighted by Crippen LogP contribution is 2.38. The molecule has 4 nitrogen and oxygen atoms in total. The molecule has 2 rings (SSSR count).